The summed E-state index contributed by atoms with van der Waals surface area (Å²) in [4.78, 5) is 13.0. The van der Waals surface area contributed by atoms with Crippen LogP contribution >= 0.6 is 0 Å². The summed E-state index contributed by atoms with van der Waals surface area (Å²) in [7, 11) is 0. The molecule has 1 amide bonds. The molecule has 0 aliphatic carbocycles. The van der Waals surface area contributed by atoms with E-state index in [-0.39, 0.29) is 18.9 Å². The molecule has 7 N–H and O–H groups in total. The molecule has 8 atom stereocenters. The summed E-state index contributed by atoms with van der Waals surface area (Å²) in [6.07, 6.45) is 27.8. The Kier molecular flexibility index (Phi) is 33.1. The number of nitrogens with one attached hydrogen (secondary N) is 1. The zero-order valence-corrected chi connectivity index (χ0v) is 34.6. The normalized spacial score (nSPS) is 22.1. The minimum Gasteiger partial charge on any atom is -0.394 e. The zero-order chi connectivity index (χ0) is 39.7. The summed E-state index contributed by atoms with van der Waals surface area (Å²) < 4.78 is 11.1. The highest BCUT2D eigenvalue weighted by Crippen LogP contribution is 2.23. The molecule has 0 aromatic rings. The number of carbonyl (C=O) groups excluding carboxylic acids is 1. The van der Waals surface area contributed by atoms with Crippen LogP contribution in [0, 0.1) is 0 Å². The van der Waals surface area contributed by atoms with Crippen molar-refractivity contribution in [3.05, 3.63) is 12.2 Å². The Balaban J connectivity index is 2.41. The number of rotatable bonds is 37. The molecular formula is C44H85NO9. The maximum Gasteiger partial charge on any atom is 0.220 e. The SMILES string of the molecule is CCCCCCCC/C=C\CCCCCCCCCC(=O)N[C@@H](COC1OC(CO)C(O)C(O)C1O)[C@H](O)[C@H](O)CCCCCCCCCCCCCC. The molecule has 320 valence electrons. The van der Waals surface area contributed by atoms with E-state index in [1.165, 1.54) is 116 Å². The van der Waals surface area contributed by atoms with Gasteiger partial charge in [0.2, 0.25) is 5.91 Å². The van der Waals surface area contributed by atoms with Crippen LogP contribution in [-0.4, -0.2) is 98.7 Å². The van der Waals surface area contributed by atoms with Crippen molar-refractivity contribution in [1.82, 2.24) is 5.32 Å². The van der Waals surface area contributed by atoms with Crippen molar-refractivity contribution < 1.29 is 44.9 Å². The maximum atomic E-state index is 13.0. The Morgan fingerprint density at radius 1 is 0.630 bits per heavy atom. The first-order valence-corrected chi connectivity index (χ1v) is 22.5. The second kappa shape index (κ2) is 35.1. The monoisotopic (exact) mass is 772 g/mol. The lowest BCUT2D eigenvalue weighted by molar-refractivity contribution is -0.303. The molecule has 1 heterocycles. The Hall–Kier alpha value is -1.11. The maximum absolute atomic E-state index is 13.0. The van der Waals surface area contributed by atoms with Gasteiger partial charge in [0.05, 0.1) is 25.4 Å². The fourth-order valence-electron chi connectivity index (χ4n) is 7.25. The summed E-state index contributed by atoms with van der Waals surface area (Å²) in [6.45, 7) is 3.59. The molecule has 10 nitrogen and oxygen atoms in total. The molecule has 0 aromatic carbocycles. The van der Waals surface area contributed by atoms with Crippen molar-refractivity contribution in [2.75, 3.05) is 13.2 Å². The van der Waals surface area contributed by atoms with Crippen molar-refractivity contribution in [3.8, 4) is 0 Å². The molecule has 1 aliphatic heterocycles. The average Bonchev–Trinajstić information content (AvgIpc) is 3.17. The number of hydrogen-bond acceptors (Lipinski definition) is 9. The Morgan fingerprint density at radius 3 is 1.56 bits per heavy atom. The lowest BCUT2D eigenvalue weighted by atomic mass is 9.98. The highest BCUT2D eigenvalue weighted by atomic mass is 16.7. The predicted octanol–water partition coefficient (Wildman–Crippen LogP) is 7.92. The third-order valence-electron chi connectivity index (χ3n) is 11.0. The van der Waals surface area contributed by atoms with Crippen LogP contribution < -0.4 is 5.32 Å². The van der Waals surface area contributed by atoms with Gasteiger partial charge in [-0.15, -0.1) is 0 Å². The molecule has 5 unspecified atom stereocenters. The van der Waals surface area contributed by atoms with Gasteiger partial charge in [-0.2, -0.15) is 0 Å². The molecule has 0 saturated carbocycles. The van der Waals surface area contributed by atoms with Crippen LogP contribution in [0.2, 0.25) is 0 Å². The summed E-state index contributed by atoms with van der Waals surface area (Å²) in [5, 5.41) is 65.0. The minimum atomic E-state index is -1.60. The molecule has 1 fully saturated rings. The quantitative estimate of drug-likeness (QED) is 0.0245. The fraction of sp³-hybridized carbons (Fsp3) is 0.932. The van der Waals surface area contributed by atoms with Crippen LogP contribution in [0.4, 0.5) is 0 Å². The fourth-order valence-corrected chi connectivity index (χ4v) is 7.25. The van der Waals surface area contributed by atoms with Gasteiger partial charge in [-0.1, -0.05) is 167 Å². The van der Waals surface area contributed by atoms with Crippen LogP contribution in [0.25, 0.3) is 0 Å². The lowest BCUT2D eigenvalue weighted by Gasteiger charge is -2.40. The molecule has 0 aromatic heterocycles. The van der Waals surface area contributed by atoms with Crippen molar-refractivity contribution in [3.63, 3.8) is 0 Å². The molecule has 0 spiro atoms. The van der Waals surface area contributed by atoms with Gasteiger partial charge in [0.25, 0.3) is 0 Å². The van der Waals surface area contributed by atoms with E-state index in [1.54, 1.807) is 0 Å². The van der Waals surface area contributed by atoms with Gasteiger partial charge in [0.1, 0.15) is 30.5 Å². The second-order valence-electron chi connectivity index (χ2n) is 16.0. The number of hydrogen-bond donors (Lipinski definition) is 7. The molecule has 1 saturated heterocycles. The average molecular weight is 772 g/mol. The van der Waals surface area contributed by atoms with Crippen molar-refractivity contribution in [2.24, 2.45) is 0 Å². The highest BCUT2D eigenvalue weighted by Gasteiger charge is 2.44. The van der Waals surface area contributed by atoms with E-state index in [1.807, 2.05) is 0 Å². The van der Waals surface area contributed by atoms with Gasteiger partial charge in [0.15, 0.2) is 6.29 Å². The molecule has 0 bridgehead atoms. The zero-order valence-electron chi connectivity index (χ0n) is 34.6. The van der Waals surface area contributed by atoms with E-state index in [0.717, 1.165) is 51.4 Å². The van der Waals surface area contributed by atoms with E-state index in [4.69, 9.17) is 9.47 Å². The van der Waals surface area contributed by atoms with Crippen LogP contribution in [0.3, 0.4) is 0 Å². The highest BCUT2D eigenvalue weighted by molar-refractivity contribution is 5.76. The molecule has 1 aliphatic rings. The van der Waals surface area contributed by atoms with E-state index in [0.29, 0.717) is 12.8 Å². The lowest BCUT2D eigenvalue weighted by Crippen LogP contribution is -2.60. The van der Waals surface area contributed by atoms with Gasteiger partial charge in [-0.05, 0) is 38.5 Å². The first kappa shape index (κ1) is 50.9. The van der Waals surface area contributed by atoms with Gasteiger partial charge in [-0.3, -0.25) is 4.79 Å². The number of amides is 1. The Labute approximate surface area is 329 Å². The number of allylic oxidation sites excluding steroid dienone is 2. The molecule has 1 rings (SSSR count). The van der Waals surface area contributed by atoms with Gasteiger partial charge >= 0.3 is 0 Å². The van der Waals surface area contributed by atoms with E-state index in [2.05, 4.69) is 31.3 Å². The molecule has 10 heteroatoms. The smallest absolute Gasteiger partial charge is 0.220 e. The van der Waals surface area contributed by atoms with Gasteiger partial charge in [0, 0.05) is 6.42 Å². The summed E-state index contributed by atoms with van der Waals surface area (Å²) >= 11 is 0. The standard InChI is InChI=1S/C44H85NO9/c1-3-5-7-9-11-13-15-17-18-19-20-21-23-25-27-29-31-33-39(48)45-36(35-53-44-43(52)42(51)41(50)38(34-46)54-44)40(49)37(47)32-30-28-26-24-22-16-14-12-10-8-6-4-2/h17-18,36-38,40-44,46-47,49-52H,3-16,19-35H2,1-2H3,(H,45,48)/b18-17-/t36-,37+,38?,40-,41?,42?,43?,44?/m0/s1. The predicted molar refractivity (Wildman–Crippen MR) is 218 cm³/mol. The topological polar surface area (TPSA) is 169 Å². The van der Waals surface area contributed by atoms with E-state index >= 15 is 0 Å². The van der Waals surface area contributed by atoms with Crippen LogP contribution in [-0.2, 0) is 14.3 Å². The van der Waals surface area contributed by atoms with Crippen LogP contribution in [0.1, 0.15) is 200 Å². The summed E-state index contributed by atoms with van der Waals surface area (Å²) in [5.74, 6) is -0.262. The molecule has 0 radical (unpaired) electrons. The summed E-state index contributed by atoms with van der Waals surface area (Å²) in [5.41, 5.74) is 0. The van der Waals surface area contributed by atoms with Crippen molar-refractivity contribution in [2.45, 2.75) is 249 Å². The van der Waals surface area contributed by atoms with Crippen molar-refractivity contribution in [1.29, 1.82) is 0 Å². The number of aliphatic hydroxyl groups excluding tert-OH is 6. The first-order chi connectivity index (χ1) is 26.3. The number of ether oxygens (including phenoxy) is 2. The van der Waals surface area contributed by atoms with Crippen LogP contribution in [0.15, 0.2) is 12.2 Å². The Morgan fingerprint density at radius 2 is 1.07 bits per heavy atom. The van der Waals surface area contributed by atoms with Crippen molar-refractivity contribution >= 4 is 5.91 Å². The summed E-state index contributed by atoms with van der Waals surface area (Å²) in [6, 6.07) is -0.989. The Bertz CT molecular complexity index is 875. The largest absolute Gasteiger partial charge is 0.394 e. The van der Waals surface area contributed by atoms with Gasteiger partial charge in [-0.25, -0.2) is 0 Å². The van der Waals surface area contributed by atoms with Crippen LogP contribution in [0.5, 0.6) is 0 Å². The number of carbonyl (C=O) groups is 1. The van der Waals surface area contributed by atoms with Gasteiger partial charge < -0.3 is 45.4 Å². The third-order valence-corrected chi connectivity index (χ3v) is 11.0. The molecular weight excluding hydrogens is 686 g/mol. The van der Waals surface area contributed by atoms with E-state index < -0.39 is 55.6 Å². The third kappa shape index (κ3) is 25.2. The minimum absolute atomic E-state index is 0.262. The first-order valence-electron chi connectivity index (χ1n) is 22.5. The van der Waals surface area contributed by atoms with E-state index in [9.17, 15) is 35.4 Å². The second-order valence-corrected chi connectivity index (χ2v) is 16.0. The molecule has 54 heavy (non-hydrogen) atoms. The number of aliphatic hydroxyl groups is 6. The number of unbranched alkanes of at least 4 members (excludes halogenated alkanes) is 24.